The van der Waals surface area contributed by atoms with Crippen molar-refractivity contribution in [2.75, 3.05) is 6.54 Å². The summed E-state index contributed by atoms with van der Waals surface area (Å²) in [5, 5.41) is 12.7. The number of aliphatic carboxylic acids is 1. The molecule has 4 heteroatoms. The van der Waals surface area contributed by atoms with E-state index in [4.69, 9.17) is 5.11 Å². The van der Waals surface area contributed by atoms with E-state index in [-0.39, 0.29) is 5.71 Å². The molecular weight excluding hydrogens is 228 g/mol. The fraction of sp³-hybridized carbons (Fsp3) is 0.857. The van der Waals surface area contributed by atoms with Crippen LogP contribution >= 0.6 is 0 Å². The highest BCUT2D eigenvalue weighted by Gasteiger charge is 2.50. The first-order valence-corrected chi connectivity index (χ1v) is 7.07. The van der Waals surface area contributed by atoms with Gasteiger partial charge < -0.3 is 10.5 Å². The molecule has 0 atom stereocenters. The Kier molecular flexibility index (Phi) is 2.83. The number of nitrogens with zero attached hydrogens (tertiary/aromatic N) is 1. The van der Waals surface area contributed by atoms with E-state index < -0.39 is 5.97 Å². The molecule has 4 nitrogen and oxygen atoms in total. The zero-order valence-electron chi connectivity index (χ0n) is 11.0. The van der Waals surface area contributed by atoms with Gasteiger partial charge in [0.2, 0.25) is 0 Å². The van der Waals surface area contributed by atoms with Crippen molar-refractivity contribution in [3.05, 3.63) is 0 Å². The number of hydrogen-bond donors (Lipinski definition) is 2. The minimum Gasteiger partial charge on any atom is -0.477 e. The van der Waals surface area contributed by atoms with Crippen LogP contribution in [0.15, 0.2) is 5.10 Å². The monoisotopic (exact) mass is 250 g/mol. The molecule has 0 aromatic carbocycles. The number of carbonyl (C=O) groups is 1. The van der Waals surface area contributed by atoms with Crippen LogP contribution in [0.3, 0.4) is 0 Å². The van der Waals surface area contributed by atoms with Gasteiger partial charge in [0.1, 0.15) is 5.71 Å². The second-order valence-corrected chi connectivity index (χ2v) is 6.75. The van der Waals surface area contributed by atoms with Crippen molar-refractivity contribution in [3.8, 4) is 0 Å². The molecule has 0 saturated heterocycles. The maximum atomic E-state index is 10.7. The zero-order chi connectivity index (χ0) is 12.8. The van der Waals surface area contributed by atoms with Crippen LogP contribution in [0.1, 0.15) is 45.4 Å². The molecule has 0 aromatic rings. The first kappa shape index (κ1) is 12.0. The Labute approximate surface area is 108 Å². The molecule has 0 amide bonds. The summed E-state index contributed by atoms with van der Waals surface area (Å²) in [6.45, 7) is 2.40. The minimum atomic E-state index is -0.937. The van der Waals surface area contributed by atoms with Crippen molar-refractivity contribution in [2.24, 2.45) is 28.3 Å². The average molecular weight is 250 g/mol. The first-order valence-electron chi connectivity index (χ1n) is 7.07. The summed E-state index contributed by atoms with van der Waals surface area (Å²) in [5.74, 6) is 1.86. The van der Waals surface area contributed by atoms with Crippen molar-refractivity contribution in [2.45, 2.75) is 45.4 Å². The van der Waals surface area contributed by atoms with Crippen LogP contribution in [-0.4, -0.2) is 23.3 Å². The lowest BCUT2D eigenvalue weighted by Gasteiger charge is -2.56. The van der Waals surface area contributed by atoms with Gasteiger partial charge in [0.25, 0.3) is 0 Å². The molecule has 0 spiro atoms. The highest BCUT2D eigenvalue weighted by molar-refractivity contribution is 6.34. The molecule has 4 saturated carbocycles. The van der Waals surface area contributed by atoms with Gasteiger partial charge in [-0.25, -0.2) is 4.79 Å². The maximum absolute atomic E-state index is 10.7. The molecule has 0 aromatic heterocycles. The van der Waals surface area contributed by atoms with Gasteiger partial charge in [-0.05, 0) is 68.6 Å². The molecule has 100 valence electrons. The van der Waals surface area contributed by atoms with E-state index in [1.54, 1.807) is 0 Å². The highest BCUT2D eigenvalue weighted by atomic mass is 16.4. The van der Waals surface area contributed by atoms with E-state index in [9.17, 15) is 4.79 Å². The van der Waals surface area contributed by atoms with Gasteiger partial charge in [0.05, 0.1) is 0 Å². The number of rotatable bonds is 4. The normalized spacial score (nSPS) is 42.1. The summed E-state index contributed by atoms with van der Waals surface area (Å²) in [6, 6.07) is 0. The molecule has 4 rings (SSSR count). The van der Waals surface area contributed by atoms with E-state index in [1.165, 1.54) is 45.4 Å². The van der Waals surface area contributed by atoms with Crippen LogP contribution in [-0.2, 0) is 4.79 Å². The van der Waals surface area contributed by atoms with Gasteiger partial charge in [-0.2, -0.15) is 5.10 Å². The minimum absolute atomic E-state index is 0.153. The Balaban J connectivity index is 1.62. The largest absolute Gasteiger partial charge is 0.477 e. The van der Waals surface area contributed by atoms with Gasteiger partial charge >= 0.3 is 5.97 Å². The number of hydrazone groups is 1. The van der Waals surface area contributed by atoms with Crippen molar-refractivity contribution in [1.29, 1.82) is 0 Å². The first-order chi connectivity index (χ1) is 8.56. The summed E-state index contributed by atoms with van der Waals surface area (Å²) < 4.78 is 0. The third-order valence-electron chi connectivity index (χ3n) is 5.18. The summed E-state index contributed by atoms with van der Waals surface area (Å²) in [6.07, 6.45) is 8.30. The number of nitrogens with one attached hydrogen (secondary N) is 1. The molecule has 4 aliphatic carbocycles. The highest BCUT2D eigenvalue weighted by Crippen LogP contribution is 2.59. The quantitative estimate of drug-likeness (QED) is 0.594. The smallest absolute Gasteiger partial charge is 0.351 e. The number of carboxylic acid groups (broad SMARTS) is 1. The lowest BCUT2D eigenvalue weighted by molar-refractivity contribution is -0.129. The van der Waals surface area contributed by atoms with Crippen LogP contribution in [0.25, 0.3) is 0 Å². The predicted octanol–water partition coefficient (Wildman–Crippen LogP) is 2.25. The summed E-state index contributed by atoms with van der Waals surface area (Å²) in [7, 11) is 0. The average Bonchev–Trinajstić information content (AvgIpc) is 2.26. The lowest BCUT2D eigenvalue weighted by Crippen LogP contribution is -2.49. The molecule has 0 radical (unpaired) electrons. The maximum Gasteiger partial charge on any atom is 0.351 e. The Hall–Kier alpha value is -1.06. The van der Waals surface area contributed by atoms with Crippen molar-refractivity contribution in [1.82, 2.24) is 5.43 Å². The Morgan fingerprint density at radius 3 is 2.17 bits per heavy atom. The van der Waals surface area contributed by atoms with Gasteiger partial charge in [-0.3, -0.25) is 0 Å². The van der Waals surface area contributed by atoms with Crippen LogP contribution in [0, 0.1) is 23.2 Å². The van der Waals surface area contributed by atoms with Crippen LogP contribution in [0.5, 0.6) is 0 Å². The van der Waals surface area contributed by atoms with Crippen LogP contribution in [0.4, 0.5) is 0 Å². The Morgan fingerprint density at radius 1 is 1.22 bits per heavy atom. The van der Waals surface area contributed by atoms with E-state index in [0.29, 0.717) is 5.41 Å². The Morgan fingerprint density at radius 2 is 1.72 bits per heavy atom. The molecule has 4 aliphatic rings. The van der Waals surface area contributed by atoms with Gasteiger partial charge in [-0.15, -0.1) is 0 Å². The third-order valence-corrected chi connectivity index (χ3v) is 5.18. The van der Waals surface area contributed by atoms with E-state index in [0.717, 1.165) is 24.3 Å². The molecule has 18 heavy (non-hydrogen) atoms. The molecule has 4 fully saturated rings. The summed E-state index contributed by atoms with van der Waals surface area (Å²) in [5.41, 5.74) is 3.60. The molecule has 0 heterocycles. The SMILES string of the molecule is C/C(=N\NCC12CC3CC(CC(C3)C1)C2)C(=O)O. The molecule has 4 bridgehead atoms. The van der Waals surface area contributed by atoms with Crippen LogP contribution in [0.2, 0.25) is 0 Å². The molecular formula is C14H22N2O2. The van der Waals surface area contributed by atoms with E-state index >= 15 is 0 Å². The molecule has 2 N–H and O–H groups in total. The Bertz CT molecular complexity index is 354. The fourth-order valence-electron chi connectivity index (χ4n) is 4.88. The van der Waals surface area contributed by atoms with Gasteiger partial charge in [-0.1, -0.05) is 0 Å². The predicted molar refractivity (Wildman–Crippen MR) is 69.4 cm³/mol. The summed E-state index contributed by atoms with van der Waals surface area (Å²) in [4.78, 5) is 10.7. The second-order valence-electron chi connectivity index (χ2n) is 6.75. The third kappa shape index (κ3) is 2.13. The van der Waals surface area contributed by atoms with Crippen LogP contribution < -0.4 is 5.43 Å². The zero-order valence-corrected chi connectivity index (χ0v) is 11.0. The van der Waals surface area contributed by atoms with Gasteiger partial charge in [0.15, 0.2) is 0 Å². The lowest BCUT2D eigenvalue weighted by atomic mass is 9.49. The van der Waals surface area contributed by atoms with Crippen molar-refractivity contribution < 1.29 is 9.90 Å². The molecule has 0 aliphatic heterocycles. The van der Waals surface area contributed by atoms with Gasteiger partial charge in [0, 0.05) is 6.54 Å². The van der Waals surface area contributed by atoms with E-state index in [1.807, 2.05) is 0 Å². The fourth-order valence-corrected chi connectivity index (χ4v) is 4.88. The molecule has 0 unspecified atom stereocenters. The van der Waals surface area contributed by atoms with Crippen molar-refractivity contribution >= 4 is 11.7 Å². The second kappa shape index (κ2) is 4.25. The topological polar surface area (TPSA) is 61.7 Å². The van der Waals surface area contributed by atoms with Crippen molar-refractivity contribution in [3.63, 3.8) is 0 Å². The number of carboxylic acids is 1. The summed E-state index contributed by atoms with van der Waals surface area (Å²) >= 11 is 0. The number of hydrogen-bond acceptors (Lipinski definition) is 3. The standard InChI is InChI=1S/C14H22N2O2/c1-9(13(17)18)16-15-8-14-5-10-2-11(6-14)4-12(3-10)7-14/h10-12,15H,2-8H2,1H3,(H,17,18)/b16-9+. The van der Waals surface area contributed by atoms with E-state index in [2.05, 4.69) is 10.5 Å².